The van der Waals surface area contributed by atoms with Crippen LogP contribution in [0.5, 0.6) is 0 Å². The largest absolute Gasteiger partial charge is 0.313 e. The van der Waals surface area contributed by atoms with Crippen LogP contribution in [0.25, 0.3) is 0 Å². The lowest BCUT2D eigenvalue weighted by Gasteiger charge is -2.48. The highest BCUT2D eigenvalue weighted by Crippen LogP contribution is 2.39. The minimum absolute atomic E-state index is 0.447. The molecule has 1 aliphatic heterocycles. The van der Waals surface area contributed by atoms with Crippen molar-refractivity contribution in [2.45, 2.75) is 72.0 Å². The van der Waals surface area contributed by atoms with Gasteiger partial charge < -0.3 is 5.32 Å². The van der Waals surface area contributed by atoms with E-state index in [1.165, 1.54) is 38.9 Å². The van der Waals surface area contributed by atoms with Crippen molar-refractivity contribution in [2.75, 3.05) is 33.2 Å². The molecule has 0 bridgehead atoms. The van der Waals surface area contributed by atoms with Crippen LogP contribution in [0.15, 0.2) is 0 Å². The van der Waals surface area contributed by atoms with Gasteiger partial charge in [-0.1, -0.05) is 27.2 Å². The molecule has 3 nitrogen and oxygen atoms in total. The zero-order valence-corrected chi connectivity index (χ0v) is 15.2. The summed E-state index contributed by atoms with van der Waals surface area (Å²) in [5.41, 5.74) is 0.447. The molecular weight excluding hydrogens is 258 g/mol. The standard InChI is InChI=1S/C18H37N3/c1-7-19-17-16(9-8-10-18(17,4)5)13-21-11-14(2)20(6)15(3)12-21/h14-17,19H,7-13H2,1-6H3. The third kappa shape index (κ3) is 4.00. The quantitative estimate of drug-likeness (QED) is 0.860. The Morgan fingerprint density at radius 3 is 2.33 bits per heavy atom. The SMILES string of the molecule is CCNC1C(CN2CC(C)N(C)C(C)C2)CCCC1(C)C. The molecule has 0 spiro atoms. The Labute approximate surface area is 132 Å². The van der Waals surface area contributed by atoms with E-state index in [0.29, 0.717) is 23.5 Å². The fourth-order valence-corrected chi connectivity index (χ4v) is 4.63. The van der Waals surface area contributed by atoms with Gasteiger partial charge in [0.15, 0.2) is 0 Å². The zero-order chi connectivity index (χ0) is 15.6. The van der Waals surface area contributed by atoms with Gasteiger partial charge in [0.1, 0.15) is 0 Å². The van der Waals surface area contributed by atoms with Crippen LogP contribution < -0.4 is 5.32 Å². The van der Waals surface area contributed by atoms with Gasteiger partial charge in [-0.15, -0.1) is 0 Å². The Morgan fingerprint density at radius 2 is 1.76 bits per heavy atom. The maximum Gasteiger partial charge on any atom is 0.0195 e. The van der Waals surface area contributed by atoms with E-state index in [-0.39, 0.29) is 0 Å². The highest BCUT2D eigenvalue weighted by atomic mass is 15.3. The summed E-state index contributed by atoms with van der Waals surface area (Å²) in [6, 6.07) is 2.05. The van der Waals surface area contributed by atoms with E-state index in [4.69, 9.17) is 0 Å². The Kier molecular flexibility index (Phi) is 5.72. The molecule has 2 fully saturated rings. The summed E-state index contributed by atoms with van der Waals surface area (Å²) in [7, 11) is 2.28. The molecule has 1 N–H and O–H groups in total. The summed E-state index contributed by atoms with van der Waals surface area (Å²) in [5, 5.41) is 3.81. The van der Waals surface area contributed by atoms with Crippen LogP contribution >= 0.6 is 0 Å². The van der Waals surface area contributed by atoms with E-state index < -0.39 is 0 Å². The number of nitrogens with one attached hydrogen (secondary N) is 1. The van der Waals surface area contributed by atoms with Crippen LogP contribution in [-0.4, -0.2) is 61.2 Å². The predicted octanol–water partition coefficient (Wildman–Crippen LogP) is 2.82. The highest BCUT2D eigenvalue weighted by Gasteiger charge is 2.39. The number of nitrogens with zero attached hydrogens (tertiary/aromatic N) is 2. The molecule has 1 heterocycles. The van der Waals surface area contributed by atoms with Crippen LogP contribution in [0.2, 0.25) is 0 Å². The van der Waals surface area contributed by atoms with Crippen molar-refractivity contribution in [1.29, 1.82) is 0 Å². The van der Waals surface area contributed by atoms with Crippen molar-refractivity contribution in [1.82, 2.24) is 15.1 Å². The van der Waals surface area contributed by atoms with Crippen molar-refractivity contribution in [3.8, 4) is 0 Å². The molecule has 0 amide bonds. The van der Waals surface area contributed by atoms with E-state index in [9.17, 15) is 0 Å². The average molecular weight is 296 g/mol. The molecule has 3 heteroatoms. The average Bonchev–Trinajstić information content (AvgIpc) is 2.39. The molecule has 0 aromatic heterocycles. The predicted molar refractivity (Wildman–Crippen MR) is 91.7 cm³/mol. The Hall–Kier alpha value is -0.120. The summed E-state index contributed by atoms with van der Waals surface area (Å²) in [5.74, 6) is 0.816. The molecule has 4 unspecified atom stereocenters. The maximum absolute atomic E-state index is 3.81. The van der Waals surface area contributed by atoms with Crippen LogP contribution in [0.4, 0.5) is 0 Å². The van der Waals surface area contributed by atoms with Gasteiger partial charge in [-0.05, 0) is 51.6 Å². The van der Waals surface area contributed by atoms with Crippen molar-refractivity contribution in [3.63, 3.8) is 0 Å². The minimum atomic E-state index is 0.447. The molecule has 1 aliphatic carbocycles. The third-order valence-corrected chi connectivity index (χ3v) is 6.06. The van der Waals surface area contributed by atoms with Gasteiger partial charge in [0.25, 0.3) is 0 Å². The van der Waals surface area contributed by atoms with Gasteiger partial charge in [0, 0.05) is 37.8 Å². The molecule has 4 atom stereocenters. The van der Waals surface area contributed by atoms with Crippen LogP contribution in [0.3, 0.4) is 0 Å². The minimum Gasteiger partial charge on any atom is -0.313 e. The first-order valence-electron chi connectivity index (χ1n) is 9.02. The van der Waals surface area contributed by atoms with E-state index in [2.05, 4.69) is 56.8 Å². The smallest absolute Gasteiger partial charge is 0.0195 e. The summed E-state index contributed by atoms with van der Waals surface area (Å²) >= 11 is 0. The number of rotatable bonds is 4. The zero-order valence-electron chi connectivity index (χ0n) is 15.2. The fraction of sp³-hybridized carbons (Fsp3) is 1.00. The first-order valence-corrected chi connectivity index (χ1v) is 9.02. The van der Waals surface area contributed by atoms with E-state index in [0.717, 1.165) is 12.5 Å². The monoisotopic (exact) mass is 295 g/mol. The van der Waals surface area contributed by atoms with Crippen molar-refractivity contribution in [2.24, 2.45) is 11.3 Å². The number of piperazine rings is 1. The van der Waals surface area contributed by atoms with E-state index in [1.54, 1.807) is 0 Å². The summed E-state index contributed by atoms with van der Waals surface area (Å²) in [6.07, 6.45) is 4.17. The van der Waals surface area contributed by atoms with Gasteiger partial charge in [-0.2, -0.15) is 0 Å². The summed E-state index contributed by atoms with van der Waals surface area (Å²) in [6.45, 7) is 16.8. The van der Waals surface area contributed by atoms with Crippen molar-refractivity contribution in [3.05, 3.63) is 0 Å². The van der Waals surface area contributed by atoms with Crippen LogP contribution in [0, 0.1) is 11.3 Å². The van der Waals surface area contributed by atoms with Gasteiger partial charge in [0.05, 0.1) is 0 Å². The second-order valence-corrected chi connectivity index (χ2v) is 8.26. The van der Waals surface area contributed by atoms with Crippen molar-refractivity contribution < 1.29 is 0 Å². The Morgan fingerprint density at radius 1 is 1.14 bits per heavy atom. The number of hydrogen-bond donors (Lipinski definition) is 1. The van der Waals surface area contributed by atoms with Crippen LogP contribution in [-0.2, 0) is 0 Å². The Balaban J connectivity index is 2.00. The summed E-state index contributed by atoms with van der Waals surface area (Å²) < 4.78 is 0. The maximum atomic E-state index is 3.81. The lowest BCUT2D eigenvalue weighted by molar-refractivity contribution is 0.0243. The molecule has 21 heavy (non-hydrogen) atoms. The second-order valence-electron chi connectivity index (χ2n) is 8.26. The number of hydrogen-bond acceptors (Lipinski definition) is 3. The first kappa shape index (κ1) is 17.2. The molecular formula is C18H37N3. The molecule has 124 valence electrons. The number of likely N-dealkylation sites (N-methyl/N-ethyl adjacent to an activating group) is 1. The molecule has 2 rings (SSSR count). The van der Waals surface area contributed by atoms with Gasteiger partial charge >= 0.3 is 0 Å². The molecule has 0 aromatic carbocycles. The summed E-state index contributed by atoms with van der Waals surface area (Å²) in [4.78, 5) is 5.26. The first-order chi connectivity index (χ1) is 9.85. The highest BCUT2D eigenvalue weighted by molar-refractivity contribution is 4.95. The molecule has 1 saturated carbocycles. The molecule has 0 radical (unpaired) electrons. The second kappa shape index (κ2) is 6.97. The molecule has 1 saturated heterocycles. The topological polar surface area (TPSA) is 18.5 Å². The fourth-order valence-electron chi connectivity index (χ4n) is 4.63. The lowest BCUT2D eigenvalue weighted by atomic mass is 9.67. The lowest BCUT2D eigenvalue weighted by Crippen LogP contribution is -2.58. The van der Waals surface area contributed by atoms with Crippen molar-refractivity contribution >= 4 is 0 Å². The normalized spacial score (nSPS) is 38.6. The van der Waals surface area contributed by atoms with Gasteiger partial charge in [-0.25, -0.2) is 0 Å². The van der Waals surface area contributed by atoms with Crippen LogP contribution in [0.1, 0.15) is 53.9 Å². The third-order valence-electron chi connectivity index (χ3n) is 6.06. The van der Waals surface area contributed by atoms with Gasteiger partial charge in [-0.3, -0.25) is 9.80 Å². The van der Waals surface area contributed by atoms with E-state index >= 15 is 0 Å². The Bertz CT molecular complexity index is 316. The molecule has 2 aliphatic rings. The van der Waals surface area contributed by atoms with E-state index in [1.807, 2.05) is 0 Å². The molecule has 0 aromatic rings. The van der Waals surface area contributed by atoms with Gasteiger partial charge in [0.2, 0.25) is 0 Å².